The van der Waals surface area contributed by atoms with Crippen LogP contribution in [0.15, 0.2) is 18.2 Å². The first kappa shape index (κ1) is 14.0. The molecule has 0 heterocycles. The molecular formula is C15H25NO. The minimum absolute atomic E-state index is 0.685. The number of rotatable bonds is 8. The van der Waals surface area contributed by atoms with Crippen molar-refractivity contribution in [2.24, 2.45) is 0 Å². The fourth-order valence-electron chi connectivity index (χ4n) is 1.85. The lowest BCUT2D eigenvalue weighted by atomic mass is 10.1. The second-order valence-electron chi connectivity index (χ2n) is 4.60. The van der Waals surface area contributed by atoms with Crippen molar-refractivity contribution >= 4 is 5.69 Å². The van der Waals surface area contributed by atoms with Gasteiger partial charge in [0, 0.05) is 12.3 Å². The summed E-state index contributed by atoms with van der Waals surface area (Å²) < 4.78 is 5.68. The van der Waals surface area contributed by atoms with E-state index in [-0.39, 0.29) is 0 Å². The number of nitrogens with two attached hydrogens (primary N) is 1. The summed E-state index contributed by atoms with van der Waals surface area (Å²) >= 11 is 0. The lowest BCUT2D eigenvalue weighted by Gasteiger charge is -2.09. The molecule has 1 aromatic rings. The van der Waals surface area contributed by atoms with E-state index >= 15 is 0 Å². The average molecular weight is 235 g/mol. The van der Waals surface area contributed by atoms with E-state index in [4.69, 9.17) is 10.5 Å². The first-order chi connectivity index (χ1) is 8.25. The van der Waals surface area contributed by atoms with Crippen molar-refractivity contribution in [1.82, 2.24) is 0 Å². The van der Waals surface area contributed by atoms with Crippen LogP contribution in [-0.4, -0.2) is 6.61 Å². The summed E-state index contributed by atoms with van der Waals surface area (Å²) in [4.78, 5) is 0. The average Bonchev–Trinajstić information content (AvgIpc) is 2.33. The van der Waals surface area contributed by atoms with Gasteiger partial charge in [0.25, 0.3) is 0 Å². The molecular weight excluding hydrogens is 210 g/mol. The highest BCUT2D eigenvalue weighted by Crippen LogP contribution is 2.16. The minimum atomic E-state index is 0.685. The van der Waals surface area contributed by atoms with Crippen LogP contribution in [-0.2, 0) is 11.3 Å². The van der Waals surface area contributed by atoms with Gasteiger partial charge in [-0.05, 0) is 30.5 Å². The van der Waals surface area contributed by atoms with Crippen LogP contribution >= 0.6 is 0 Å². The summed E-state index contributed by atoms with van der Waals surface area (Å²) in [6, 6.07) is 6.01. The molecule has 0 unspecified atom stereocenters. The van der Waals surface area contributed by atoms with Crippen LogP contribution in [0, 0.1) is 6.92 Å². The number of unbranched alkanes of at least 4 members (excludes halogenated alkanes) is 4. The smallest absolute Gasteiger partial charge is 0.0720 e. The molecule has 0 aliphatic heterocycles. The molecule has 1 rings (SSSR count). The molecule has 1 aromatic carbocycles. The first-order valence-electron chi connectivity index (χ1n) is 6.67. The van der Waals surface area contributed by atoms with E-state index in [1.165, 1.54) is 37.7 Å². The van der Waals surface area contributed by atoms with Crippen LogP contribution in [0.4, 0.5) is 5.69 Å². The normalized spacial score (nSPS) is 10.7. The van der Waals surface area contributed by atoms with Gasteiger partial charge in [0.15, 0.2) is 0 Å². The third-order valence-corrected chi connectivity index (χ3v) is 3.14. The van der Waals surface area contributed by atoms with Crippen molar-refractivity contribution < 1.29 is 4.74 Å². The van der Waals surface area contributed by atoms with Crippen molar-refractivity contribution in [3.05, 3.63) is 29.3 Å². The number of benzene rings is 1. The van der Waals surface area contributed by atoms with Crippen LogP contribution in [0.1, 0.15) is 50.2 Å². The van der Waals surface area contributed by atoms with Gasteiger partial charge in [-0.15, -0.1) is 0 Å². The molecule has 0 aromatic heterocycles. The predicted octanol–water partition coefficient (Wildman–Crippen LogP) is 4.06. The second kappa shape index (κ2) is 8.13. The molecule has 0 spiro atoms. The van der Waals surface area contributed by atoms with Crippen LogP contribution in [0.3, 0.4) is 0 Å². The minimum Gasteiger partial charge on any atom is -0.399 e. The van der Waals surface area contributed by atoms with E-state index in [2.05, 4.69) is 19.9 Å². The molecule has 0 radical (unpaired) electrons. The molecule has 0 fully saturated rings. The molecule has 0 aliphatic carbocycles. The van der Waals surface area contributed by atoms with E-state index < -0.39 is 0 Å². The third-order valence-electron chi connectivity index (χ3n) is 3.14. The topological polar surface area (TPSA) is 35.2 Å². The lowest BCUT2D eigenvalue weighted by molar-refractivity contribution is 0.116. The summed E-state index contributed by atoms with van der Waals surface area (Å²) in [5.41, 5.74) is 9.06. The van der Waals surface area contributed by atoms with Crippen LogP contribution in [0.2, 0.25) is 0 Å². The van der Waals surface area contributed by atoms with Crippen molar-refractivity contribution in [2.45, 2.75) is 52.6 Å². The summed E-state index contributed by atoms with van der Waals surface area (Å²) in [5, 5.41) is 0. The monoisotopic (exact) mass is 235 g/mol. The highest BCUT2D eigenvalue weighted by molar-refractivity contribution is 5.49. The number of ether oxygens (including phenoxy) is 1. The Balaban J connectivity index is 2.16. The summed E-state index contributed by atoms with van der Waals surface area (Å²) in [6.45, 7) is 5.83. The molecule has 0 saturated carbocycles. The number of nitrogen functional groups attached to an aromatic ring is 1. The summed E-state index contributed by atoms with van der Waals surface area (Å²) in [7, 11) is 0. The van der Waals surface area contributed by atoms with Gasteiger partial charge in [-0.25, -0.2) is 0 Å². The van der Waals surface area contributed by atoms with Crippen molar-refractivity contribution in [3.63, 3.8) is 0 Å². The van der Waals surface area contributed by atoms with E-state index in [0.29, 0.717) is 6.61 Å². The van der Waals surface area contributed by atoms with Crippen LogP contribution in [0.25, 0.3) is 0 Å². The molecule has 0 atom stereocenters. The highest BCUT2D eigenvalue weighted by atomic mass is 16.5. The SMILES string of the molecule is CCCCCCCOCc1cccc(N)c1C. The molecule has 0 aliphatic rings. The Labute approximate surface area is 105 Å². The Morgan fingerprint density at radius 2 is 1.88 bits per heavy atom. The zero-order valence-electron chi connectivity index (χ0n) is 11.2. The molecule has 0 saturated heterocycles. The molecule has 2 N–H and O–H groups in total. The van der Waals surface area contributed by atoms with Gasteiger partial charge in [-0.1, -0.05) is 44.7 Å². The fourth-order valence-corrected chi connectivity index (χ4v) is 1.85. The molecule has 17 heavy (non-hydrogen) atoms. The lowest BCUT2D eigenvalue weighted by Crippen LogP contribution is -2.00. The van der Waals surface area contributed by atoms with Gasteiger partial charge in [0.2, 0.25) is 0 Å². The van der Waals surface area contributed by atoms with Gasteiger partial charge in [-0.3, -0.25) is 0 Å². The zero-order valence-corrected chi connectivity index (χ0v) is 11.2. The van der Waals surface area contributed by atoms with Gasteiger partial charge < -0.3 is 10.5 Å². The number of hydrogen-bond acceptors (Lipinski definition) is 2. The second-order valence-corrected chi connectivity index (χ2v) is 4.60. The Bertz CT molecular complexity index is 323. The Morgan fingerprint density at radius 1 is 1.12 bits per heavy atom. The predicted molar refractivity (Wildman–Crippen MR) is 74.0 cm³/mol. The standard InChI is InChI=1S/C15H25NO/c1-3-4-5-6-7-11-17-12-14-9-8-10-15(16)13(14)2/h8-10H,3-7,11-12,16H2,1-2H3. The molecule has 0 amide bonds. The highest BCUT2D eigenvalue weighted by Gasteiger charge is 2.00. The zero-order chi connectivity index (χ0) is 12.5. The Morgan fingerprint density at radius 3 is 2.65 bits per heavy atom. The van der Waals surface area contributed by atoms with Crippen molar-refractivity contribution in [1.29, 1.82) is 0 Å². The first-order valence-corrected chi connectivity index (χ1v) is 6.67. The van der Waals surface area contributed by atoms with Gasteiger partial charge in [-0.2, -0.15) is 0 Å². The maximum absolute atomic E-state index is 5.85. The van der Waals surface area contributed by atoms with E-state index in [9.17, 15) is 0 Å². The molecule has 2 heteroatoms. The third kappa shape index (κ3) is 5.22. The van der Waals surface area contributed by atoms with Crippen LogP contribution in [0.5, 0.6) is 0 Å². The largest absolute Gasteiger partial charge is 0.399 e. The van der Waals surface area contributed by atoms with Crippen LogP contribution < -0.4 is 5.73 Å². The molecule has 0 bridgehead atoms. The summed E-state index contributed by atoms with van der Waals surface area (Å²) in [6.07, 6.45) is 6.42. The maximum Gasteiger partial charge on any atom is 0.0720 e. The molecule has 2 nitrogen and oxygen atoms in total. The number of hydrogen-bond donors (Lipinski definition) is 1. The van der Waals surface area contributed by atoms with E-state index in [0.717, 1.165) is 17.9 Å². The Kier molecular flexibility index (Phi) is 6.71. The van der Waals surface area contributed by atoms with Gasteiger partial charge in [0.1, 0.15) is 0 Å². The molecule has 96 valence electrons. The fraction of sp³-hybridized carbons (Fsp3) is 0.600. The Hall–Kier alpha value is -1.02. The quantitative estimate of drug-likeness (QED) is 0.544. The number of anilines is 1. The van der Waals surface area contributed by atoms with Crippen molar-refractivity contribution in [3.8, 4) is 0 Å². The van der Waals surface area contributed by atoms with E-state index in [1.54, 1.807) is 0 Å². The maximum atomic E-state index is 5.85. The van der Waals surface area contributed by atoms with Gasteiger partial charge >= 0.3 is 0 Å². The summed E-state index contributed by atoms with van der Waals surface area (Å²) in [5.74, 6) is 0. The van der Waals surface area contributed by atoms with Gasteiger partial charge in [0.05, 0.1) is 6.61 Å². The van der Waals surface area contributed by atoms with E-state index in [1.807, 2.05) is 12.1 Å². The van der Waals surface area contributed by atoms with Crippen molar-refractivity contribution in [2.75, 3.05) is 12.3 Å².